The Morgan fingerprint density at radius 1 is 0.816 bits per heavy atom. The van der Waals surface area contributed by atoms with Gasteiger partial charge in [-0.05, 0) is 111 Å². The molecule has 0 saturated carbocycles. The van der Waals surface area contributed by atoms with Gasteiger partial charge in [-0.3, -0.25) is 0 Å². The predicted molar refractivity (Wildman–Crippen MR) is 165 cm³/mol. The summed E-state index contributed by atoms with van der Waals surface area (Å²) >= 11 is 2.15. The molecular weight excluding hydrogens is 599 g/mol. The summed E-state index contributed by atoms with van der Waals surface area (Å²) in [4.78, 5) is 29.6. The Bertz CT molecular complexity index is 650. The summed E-state index contributed by atoms with van der Waals surface area (Å²) in [7, 11) is 1.74. The van der Waals surface area contributed by atoms with Gasteiger partial charge in [0.15, 0.2) is 0 Å². The van der Waals surface area contributed by atoms with Crippen molar-refractivity contribution in [1.29, 1.82) is 0 Å². The maximum absolute atomic E-state index is 12.0. The van der Waals surface area contributed by atoms with Crippen molar-refractivity contribution in [2.75, 3.05) is 38.3 Å². The monoisotopic (exact) mass is 658 g/mol. The van der Waals surface area contributed by atoms with Crippen LogP contribution >= 0.6 is 22.6 Å². The molecule has 4 atom stereocenters. The molecule has 9 heteroatoms. The molecule has 38 heavy (non-hydrogen) atoms. The Hall–Kier alpha value is -0.810. The van der Waals surface area contributed by atoms with Crippen LogP contribution in [-0.4, -0.2) is 88.7 Å². The zero-order valence-corrected chi connectivity index (χ0v) is 27.3. The van der Waals surface area contributed by atoms with E-state index in [2.05, 4.69) is 29.5 Å². The molecule has 2 heterocycles. The third-order valence-corrected chi connectivity index (χ3v) is 6.49. The molecule has 8 nitrogen and oxygen atoms in total. The van der Waals surface area contributed by atoms with E-state index in [9.17, 15) is 9.59 Å². The second-order valence-electron chi connectivity index (χ2n) is 12.1. The third-order valence-electron chi connectivity index (χ3n) is 6.49. The molecule has 0 aromatic rings. The minimum Gasteiger partial charge on any atom is -0.444 e. The Morgan fingerprint density at radius 3 is 1.47 bits per heavy atom. The third kappa shape index (κ3) is 16.3. The van der Waals surface area contributed by atoms with Gasteiger partial charge < -0.3 is 29.1 Å². The van der Waals surface area contributed by atoms with E-state index in [-0.39, 0.29) is 38.3 Å². The molecule has 0 radical (unpaired) electrons. The minimum atomic E-state index is -0.432. The van der Waals surface area contributed by atoms with Crippen molar-refractivity contribution in [3.63, 3.8) is 0 Å². The van der Waals surface area contributed by atoms with Gasteiger partial charge in [-0.2, -0.15) is 0 Å². The van der Waals surface area contributed by atoms with Gasteiger partial charge in [0.1, 0.15) is 11.2 Å². The number of rotatable bonds is 5. The second kappa shape index (κ2) is 19.3. The van der Waals surface area contributed by atoms with Crippen molar-refractivity contribution in [3.05, 3.63) is 0 Å². The number of amides is 2. The SMILES string of the molecule is C.CC1CC(CCO)CCN1C(=O)OC(C)(C)C.CI.COCCC1CCN(C(=O)OC(C)(C)C)C(C)C1. The quantitative estimate of drug-likeness (QED) is 0.250. The van der Waals surface area contributed by atoms with Gasteiger partial charge in [-0.25, -0.2) is 9.59 Å². The number of piperidine rings is 2. The minimum absolute atomic E-state index is 0. The number of carbonyl (C=O) groups is 2. The van der Waals surface area contributed by atoms with Crippen LogP contribution in [0.5, 0.6) is 0 Å². The molecular formula is C29H59IN2O6. The standard InChI is InChI=1S/C14H27NO3.C13H25NO3.CH3I.CH4/c1-11-10-12(7-9-17-5)6-8-15(11)13(16)18-14(2,3)4;1-10-9-11(6-8-15)5-7-14(10)12(16)17-13(2,3)4;1-2;/h11-12H,6-10H2,1-5H3;10-11,15H,5-9H2,1-4H3;1H3;1H4. The lowest BCUT2D eigenvalue weighted by atomic mass is 9.89. The highest BCUT2D eigenvalue weighted by atomic mass is 127. The van der Waals surface area contributed by atoms with Gasteiger partial charge in [0.05, 0.1) is 0 Å². The molecule has 0 aromatic carbocycles. The number of halogens is 1. The maximum atomic E-state index is 12.0. The molecule has 0 aliphatic carbocycles. The maximum Gasteiger partial charge on any atom is 0.410 e. The second-order valence-corrected chi connectivity index (χ2v) is 12.1. The molecule has 0 spiro atoms. The van der Waals surface area contributed by atoms with Crippen LogP contribution in [0.2, 0.25) is 0 Å². The number of hydrogen-bond donors (Lipinski definition) is 1. The molecule has 2 aliphatic heterocycles. The first-order chi connectivity index (χ1) is 17.2. The zero-order valence-electron chi connectivity index (χ0n) is 25.1. The summed E-state index contributed by atoms with van der Waals surface area (Å²) in [5, 5.41) is 8.93. The number of likely N-dealkylation sites (tertiary alicyclic amines) is 2. The lowest BCUT2D eigenvalue weighted by Gasteiger charge is -2.38. The first kappa shape index (κ1) is 39.3. The fraction of sp³-hybridized carbons (Fsp3) is 0.931. The van der Waals surface area contributed by atoms with E-state index >= 15 is 0 Å². The summed E-state index contributed by atoms with van der Waals surface area (Å²) in [6.07, 6.45) is 5.54. The number of alkyl halides is 1. The molecule has 0 bridgehead atoms. The van der Waals surface area contributed by atoms with Crippen LogP contribution in [0.15, 0.2) is 0 Å². The predicted octanol–water partition coefficient (Wildman–Crippen LogP) is 7.15. The first-order valence-corrected chi connectivity index (χ1v) is 15.8. The summed E-state index contributed by atoms with van der Waals surface area (Å²) in [6.45, 7) is 18.1. The van der Waals surface area contributed by atoms with Gasteiger partial charge in [0.25, 0.3) is 0 Å². The van der Waals surface area contributed by atoms with E-state index in [1.807, 2.05) is 58.3 Å². The van der Waals surface area contributed by atoms with Crippen LogP contribution in [0.4, 0.5) is 9.59 Å². The zero-order chi connectivity index (χ0) is 28.8. The highest BCUT2D eigenvalue weighted by Gasteiger charge is 2.32. The molecule has 2 amide bonds. The molecule has 2 aliphatic rings. The van der Waals surface area contributed by atoms with Crippen molar-refractivity contribution in [2.45, 2.75) is 125 Å². The van der Waals surface area contributed by atoms with Gasteiger partial charge in [-0.15, -0.1) is 0 Å². The van der Waals surface area contributed by atoms with Crippen molar-refractivity contribution in [3.8, 4) is 0 Å². The fourth-order valence-corrected chi connectivity index (χ4v) is 4.71. The number of hydrogen-bond acceptors (Lipinski definition) is 6. The average molecular weight is 659 g/mol. The molecule has 2 fully saturated rings. The van der Waals surface area contributed by atoms with Crippen molar-refractivity contribution in [2.24, 2.45) is 11.8 Å². The summed E-state index contributed by atoms with van der Waals surface area (Å²) in [5.41, 5.74) is -0.845. The first-order valence-electron chi connectivity index (χ1n) is 13.6. The number of aliphatic hydroxyl groups is 1. The van der Waals surface area contributed by atoms with Crippen LogP contribution in [0.1, 0.15) is 101 Å². The number of carbonyl (C=O) groups excluding carboxylic acids is 2. The van der Waals surface area contributed by atoms with Crippen LogP contribution in [0.3, 0.4) is 0 Å². The summed E-state index contributed by atoms with van der Waals surface area (Å²) in [6, 6.07) is 0.464. The fourth-order valence-electron chi connectivity index (χ4n) is 4.71. The average Bonchev–Trinajstić information content (AvgIpc) is 2.77. The highest BCUT2D eigenvalue weighted by molar-refractivity contribution is 14.1. The Labute approximate surface area is 247 Å². The Balaban J connectivity index is 0. The van der Waals surface area contributed by atoms with E-state index in [0.717, 1.165) is 58.2 Å². The number of methoxy groups -OCH3 is 1. The van der Waals surface area contributed by atoms with Gasteiger partial charge in [0.2, 0.25) is 0 Å². The largest absolute Gasteiger partial charge is 0.444 e. The highest BCUT2D eigenvalue weighted by Crippen LogP contribution is 2.27. The van der Waals surface area contributed by atoms with Crippen molar-refractivity contribution in [1.82, 2.24) is 9.80 Å². The molecule has 0 aromatic heterocycles. The molecule has 4 unspecified atom stereocenters. The number of ether oxygens (including phenoxy) is 3. The molecule has 2 rings (SSSR count). The van der Waals surface area contributed by atoms with Gasteiger partial charge in [0, 0.05) is 45.5 Å². The van der Waals surface area contributed by atoms with Crippen molar-refractivity contribution < 1.29 is 28.9 Å². The molecule has 2 saturated heterocycles. The van der Waals surface area contributed by atoms with Crippen LogP contribution in [-0.2, 0) is 14.2 Å². The normalized spacial score (nSPS) is 23.6. The lowest BCUT2D eigenvalue weighted by molar-refractivity contribution is 0.00459. The van der Waals surface area contributed by atoms with Crippen LogP contribution in [0, 0.1) is 11.8 Å². The van der Waals surface area contributed by atoms with Crippen LogP contribution in [0.25, 0.3) is 0 Å². The van der Waals surface area contributed by atoms with E-state index < -0.39 is 11.2 Å². The number of nitrogens with zero attached hydrogens (tertiary/aromatic N) is 2. The van der Waals surface area contributed by atoms with Crippen molar-refractivity contribution >= 4 is 34.8 Å². The number of aliphatic hydroxyl groups excluding tert-OH is 1. The van der Waals surface area contributed by atoms with E-state index in [4.69, 9.17) is 19.3 Å². The van der Waals surface area contributed by atoms with E-state index in [1.54, 1.807) is 12.0 Å². The summed E-state index contributed by atoms with van der Waals surface area (Å²) in [5.74, 6) is 1.20. The summed E-state index contributed by atoms with van der Waals surface area (Å²) < 4.78 is 15.9. The lowest BCUT2D eigenvalue weighted by Crippen LogP contribution is -2.46. The van der Waals surface area contributed by atoms with Gasteiger partial charge in [-0.1, -0.05) is 30.0 Å². The van der Waals surface area contributed by atoms with E-state index in [0.29, 0.717) is 11.8 Å². The molecule has 228 valence electrons. The smallest absolute Gasteiger partial charge is 0.410 e. The topological polar surface area (TPSA) is 88.5 Å². The van der Waals surface area contributed by atoms with Crippen LogP contribution < -0.4 is 0 Å². The Kier molecular flexibility index (Phi) is 20.0. The van der Waals surface area contributed by atoms with E-state index in [1.165, 1.54) is 0 Å². The Morgan fingerprint density at radius 2 is 1.18 bits per heavy atom. The molecule has 1 N–H and O–H groups in total. The van der Waals surface area contributed by atoms with Gasteiger partial charge >= 0.3 is 12.2 Å².